The van der Waals surface area contributed by atoms with Gasteiger partial charge in [0.05, 0.1) is 5.41 Å². The molecular weight excluding hydrogens is 224 g/mol. The Morgan fingerprint density at radius 2 is 1.71 bits per heavy atom. The predicted molar refractivity (Wildman–Crippen MR) is 62.2 cm³/mol. The minimum Gasteiger partial charge on any atom is -0.462 e. The molecule has 1 N–H and O–H groups in total. The molecular formula is C12H20O5. The van der Waals surface area contributed by atoms with Crippen LogP contribution in [-0.4, -0.2) is 36.4 Å². The zero-order valence-electron chi connectivity index (χ0n) is 10.8. The number of carbonyl (C=O) groups is 2. The molecule has 0 aromatic rings. The Balaban J connectivity index is 3.89. The average Bonchev–Trinajstić information content (AvgIpc) is 2.20. The molecule has 0 aliphatic rings. The van der Waals surface area contributed by atoms with Crippen LogP contribution in [0.25, 0.3) is 0 Å². The Morgan fingerprint density at radius 3 is 2.12 bits per heavy atom. The van der Waals surface area contributed by atoms with Gasteiger partial charge in [0.25, 0.3) is 0 Å². The highest BCUT2D eigenvalue weighted by atomic mass is 16.6. The van der Waals surface area contributed by atoms with E-state index in [9.17, 15) is 14.7 Å². The van der Waals surface area contributed by atoms with Crippen molar-refractivity contribution in [2.24, 2.45) is 5.41 Å². The molecule has 98 valence electrons. The Kier molecular flexibility index (Phi) is 5.88. The molecule has 5 heteroatoms. The molecule has 0 rings (SSSR count). The second kappa shape index (κ2) is 6.39. The van der Waals surface area contributed by atoms with Crippen molar-refractivity contribution in [2.45, 2.75) is 33.8 Å². The van der Waals surface area contributed by atoms with E-state index < -0.39 is 23.5 Å². The molecule has 0 fully saturated rings. The molecule has 0 saturated heterocycles. The van der Waals surface area contributed by atoms with Gasteiger partial charge < -0.3 is 14.6 Å². The van der Waals surface area contributed by atoms with Gasteiger partial charge in [-0.15, -0.1) is 0 Å². The Labute approximate surface area is 101 Å². The third-order valence-electron chi connectivity index (χ3n) is 1.77. The number of aliphatic hydroxyl groups is 1. The van der Waals surface area contributed by atoms with Crippen molar-refractivity contribution >= 4 is 11.9 Å². The largest absolute Gasteiger partial charge is 0.462 e. The maximum absolute atomic E-state index is 11.4. The standard InChI is InChI=1S/C12H20O5/c1-8(2)10(14)16-6-9(13)7-17-11(15)12(3,4)5/h9,13H,1,6-7H2,2-5H3. The fraction of sp³-hybridized carbons (Fsp3) is 0.667. The van der Waals surface area contributed by atoms with E-state index in [4.69, 9.17) is 9.47 Å². The molecule has 0 bridgehead atoms. The van der Waals surface area contributed by atoms with E-state index in [1.54, 1.807) is 20.8 Å². The summed E-state index contributed by atoms with van der Waals surface area (Å²) < 4.78 is 9.56. The summed E-state index contributed by atoms with van der Waals surface area (Å²) in [4.78, 5) is 22.4. The summed E-state index contributed by atoms with van der Waals surface area (Å²) in [7, 11) is 0. The van der Waals surface area contributed by atoms with Gasteiger partial charge in [-0.05, 0) is 27.7 Å². The van der Waals surface area contributed by atoms with Crippen molar-refractivity contribution in [3.05, 3.63) is 12.2 Å². The second-order valence-corrected chi connectivity index (χ2v) is 4.88. The molecule has 0 amide bonds. The third-order valence-corrected chi connectivity index (χ3v) is 1.77. The van der Waals surface area contributed by atoms with E-state index in [-0.39, 0.29) is 18.8 Å². The van der Waals surface area contributed by atoms with Crippen molar-refractivity contribution in [1.29, 1.82) is 0 Å². The summed E-state index contributed by atoms with van der Waals surface area (Å²) in [6, 6.07) is 0. The number of ether oxygens (including phenoxy) is 2. The van der Waals surface area contributed by atoms with E-state index in [2.05, 4.69) is 6.58 Å². The molecule has 0 aliphatic heterocycles. The molecule has 0 spiro atoms. The van der Waals surface area contributed by atoms with Crippen LogP contribution >= 0.6 is 0 Å². The Bertz CT molecular complexity index is 301. The summed E-state index contributed by atoms with van der Waals surface area (Å²) in [5.74, 6) is -0.992. The topological polar surface area (TPSA) is 72.8 Å². The van der Waals surface area contributed by atoms with Gasteiger partial charge in [0, 0.05) is 5.57 Å². The molecule has 1 unspecified atom stereocenters. The van der Waals surface area contributed by atoms with Crippen LogP contribution in [0.4, 0.5) is 0 Å². The number of hydrogen-bond acceptors (Lipinski definition) is 5. The van der Waals surface area contributed by atoms with Gasteiger partial charge in [-0.2, -0.15) is 0 Å². The summed E-state index contributed by atoms with van der Waals surface area (Å²) in [5.41, 5.74) is -0.363. The van der Waals surface area contributed by atoms with Crippen LogP contribution in [0.3, 0.4) is 0 Å². The molecule has 0 saturated carbocycles. The normalized spacial score (nSPS) is 12.8. The number of carbonyl (C=O) groups excluding carboxylic acids is 2. The molecule has 0 aromatic carbocycles. The van der Waals surface area contributed by atoms with Gasteiger partial charge in [-0.1, -0.05) is 6.58 Å². The van der Waals surface area contributed by atoms with E-state index in [0.717, 1.165) is 0 Å². The minimum atomic E-state index is -1.02. The molecule has 1 atom stereocenters. The number of rotatable bonds is 5. The van der Waals surface area contributed by atoms with Crippen LogP contribution in [0.5, 0.6) is 0 Å². The van der Waals surface area contributed by atoms with Crippen molar-refractivity contribution in [3.63, 3.8) is 0 Å². The lowest BCUT2D eigenvalue weighted by molar-refractivity contribution is -0.158. The maximum Gasteiger partial charge on any atom is 0.333 e. The molecule has 0 aliphatic carbocycles. The Morgan fingerprint density at radius 1 is 1.24 bits per heavy atom. The van der Waals surface area contributed by atoms with E-state index >= 15 is 0 Å². The maximum atomic E-state index is 11.4. The molecule has 5 nitrogen and oxygen atoms in total. The van der Waals surface area contributed by atoms with Gasteiger partial charge in [0.1, 0.15) is 19.3 Å². The first-order valence-corrected chi connectivity index (χ1v) is 5.32. The highest BCUT2D eigenvalue weighted by Gasteiger charge is 2.24. The highest BCUT2D eigenvalue weighted by molar-refractivity contribution is 5.86. The summed E-state index contributed by atoms with van der Waals surface area (Å²) in [6.07, 6.45) is -1.02. The number of aliphatic hydroxyl groups excluding tert-OH is 1. The summed E-state index contributed by atoms with van der Waals surface area (Å²) in [6.45, 7) is 9.63. The molecule has 17 heavy (non-hydrogen) atoms. The van der Waals surface area contributed by atoms with Crippen molar-refractivity contribution in [3.8, 4) is 0 Å². The molecule has 0 heterocycles. The highest BCUT2D eigenvalue weighted by Crippen LogP contribution is 2.15. The van der Waals surface area contributed by atoms with Gasteiger partial charge in [-0.25, -0.2) is 4.79 Å². The van der Waals surface area contributed by atoms with Crippen LogP contribution in [0.1, 0.15) is 27.7 Å². The van der Waals surface area contributed by atoms with E-state index in [1.807, 2.05) is 0 Å². The number of esters is 2. The van der Waals surface area contributed by atoms with E-state index in [0.29, 0.717) is 0 Å². The predicted octanol–water partition coefficient (Wildman–Crippen LogP) is 1.06. The van der Waals surface area contributed by atoms with Gasteiger partial charge in [-0.3, -0.25) is 4.79 Å². The Hall–Kier alpha value is -1.36. The van der Waals surface area contributed by atoms with Crippen LogP contribution in [-0.2, 0) is 19.1 Å². The SMILES string of the molecule is C=C(C)C(=O)OCC(O)COC(=O)C(C)(C)C. The smallest absolute Gasteiger partial charge is 0.333 e. The first-order chi connectivity index (χ1) is 7.64. The average molecular weight is 244 g/mol. The van der Waals surface area contributed by atoms with Crippen LogP contribution in [0.15, 0.2) is 12.2 Å². The van der Waals surface area contributed by atoms with Crippen LogP contribution in [0, 0.1) is 5.41 Å². The summed E-state index contributed by atoms with van der Waals surface area (Å²) in [5, 5.41) is 9.41. The fourth-order valence-corrected chi connectivity index (χ4v) is 0.732. The quantitative estimate of drug-likeness (QED) is 0.578. The first-order valence-electron chi connectivity index (χ1n) is 5.32. The lowest BCUT2D eigenvalue weighted by Gasteiger charge is -2.18. The molecule has 0 aromatic heterocycles. The molecule has 0 radical (unpaired) electrons. The van der Waals surface area contributed by atoms with Gasteiger partial charge in [0.2, 0.25) is 0 Å². The fourth-order valence-electron chi connectivity index (χ4n) is 0.732. The van der Waals surface area contributed by atoms with Crippen LogP contribution in [0.2, 0.25) is 0 Å². The van der Waals surface area contributed by atoms with Crippen LogP contribution < -0.4 is 0 Å². The third kappa shape index (κ3) is 6.73. The van der Waals surface area contributed by atoms with Crippen molar-refractivity contribution in [2.75, 3.05) is 13.2 Å². The first kappa shape index (κ1) is 15.6. The summed E-state index contributed by atoms with van der Waals surface area (Å²) >= 11 is 0. The lowest BCUT2D eigenvalue weighted by atomic mass is 9.97. The second-order valence-electron chi connectivity index (χ2n) is 4.88. The zero-order valence-corrected chi connectivity index (χ0v) is 10.8. The van der Waals surface area contributed by atoms with Gasteiger partial charge >= 0.3 is 11.9 Å². The number of hydrogen-bond donors (Lipinski definition) is 1. The van der Waals surface area contributed by atoms with Gasteiger partial charge in [0.15, 0.2) is 0 Å². The van der Waals surface area contributed by atoms with Crippen molar-refractivity contribution < 1.29 is 24.2 Å². The van der Waals surface area contributed by atoms with Crippen molar-refractivity contribution in [1.82, 2.24) is 0 Å². The monoisotopic (exact) mass is 244 g/mol. The van der Waals surface area contributed by atoms with E-state index in [1.165, 1.54) is 6.92 Å². The minimum absolute atomic E-state index is 0.195. The zero-order chi connectivity index (χ0) is 13.6. The lowest BCUT2D eigenvalue weighted by Crippen LogP contribution is -2.30.